The normalized spacial score (nSPS) is 30.0. The van der Waals surface area contributed by atoms with Crippen LogP contribution in [0.1, 0.15) is 25.7 Å². The van der Waals surface area contributed by atoms with Crippen LogP contribution in [0, 0.1) is 0 Å². The summed E-state index contributed by atoms with van der Waals surface area (Å²) in [7, 11) is 1.87. The summed E-state index contributed by atoms with van der Waals surface area (Å²) in [6, 6.07) is 0. The zero-order valence-electron chi connectivity index (χ0n) is 15.4. The smallest absolute Gasteiger partial charge is 0.193 e. The molecule has 0 radical (unpaired) electrons. The van der Waals surface area contributed by atoms with E-state index in [0.717, 1.165) is 77.7 Å². The van der Waals surface area contributed by atoms with Gasteiger partial charge in [-0.2, -0.15) is 11.8 Å². The number of hydrogen-bond acceptors (Lipinski definition) is 5. The highest BCUT2D eigenvalue weighted by molar-refractivity contribution is 14.0. The minimum absolute atomic E-state index is 0. The maximum Gasteiger partial charge on any atom is 0.193 e. The van der Waals surface area contributed by atoms with Crippen molar-refractivity contribution in [2.24, 2.45) is 4.99 Å². The highest BCUT2D eigenvalue weighted by Gasteiger charge is 2.34. The third-order valence-electron chi connectivity index (χ3n) is 5.39. The number of nitrogens with zero attached hydrogens (tertiary/aromatic N) is 2. The van der Waals surface area contributed by atoms with Gasteiger partial charge < -0.3 is 24.4 Å². The number of hydrogen-bond donors (Lipinski definition) is 1. The molecule has 3 heterocycles. The van der Waals surface area contributed by atoms with Crippen LogP contribution in [0.5, 0.6) is 0 Å². The first-order valence-corrected chi connectivity index (χ1v) is 10.3. The summed E-state index contributed by atoms with van der Waals surface area (Å²) in [5, 5.41) is 3.61. The molecule has 1 N–H and O–H groups in total. The van der Waals surface area contributed by atoms with Gasteiger partial charge in [0.1, 0.15) is 6.10 Å². The molecule has 8 heteroatoms. The molecule has 0 bridgehead atoms. The average Bonchev–Trinajstić information content (AvgIpc) is 3.18. The lowest BCUT2D eigenvalue weighted by Crippen LogP contribution is -2.55. The van der Waals surface area contributed by atoms with Crippen LogP contribution in [0.2, 0.25) is 0 Å². The van der Waals surface area contributed by atoms with Gasteiger partial charge in [0.25, 0.3) is 0 Å². The molecule has 0 amide bonds. The highest BCUT2D eigenvalue weighted by atomic mass is 127. The summed E-state index contributed by atoms with van der Waals surface area (Å²) in [5.41, 5.74) is 0. The molecular formula is C17H32IN3O3S. The van der Waals surface area contributed by atoms with Crippen molar-refractivity contribution in [3.05, 3.63) is 0 Å². The molecule has 0 aliphatic carbocycles. The summed E-state index contributed by atoms with van der Waals surface area (Å²) >= 11 is 1.95. The lowest BCUT2D eigenvalue weighted by molar-refractivity contribution is -0.0817. The Morgan fingerprint density at radius 3 is 2.60 bits per heavy atom. The fraction of sp³-hybridized carbons (Fsp3) is 0.941. The fourth-order valence-corrected chi connectivity index (χ4v) is 4.55. The Kier molecular flexibility index (Phi) is 9.07. The molecule has 3 fully saturated rings. The van der Waals surface area contributed by atoms with Crippen molar-refractivity contribution >= 4 is 41.7 Å². The largest absolute Gasteiger partial charge is 0.381 e. The molecule has 146 valence electrons. The van der Waals surface area contributed by atoms with Crippen LogP contribution in [-0.4, -0.2) is 87.2 Å². The number of thioether (sulfide) groups is 1. The molecule has 0 aromatic carbocycles. The molecule has 2 atom stereocenters. The van der Waals surface area contributed by atoms with Gasteiger partial charge in [-0.15, -0.1) is 24.0 Å². The summed E-state index contributed by atoms with van der Waals surface area (Å²) in [5.74, 6) is 0.987. The van der Waals surface area contributed by atoms with Crippen LogP contribution in [0.4, 0.5) is 0 Å². The number of rotatable bonds is 4. The molecule has 3 aliphatic heterocycles. The third kappa shape index (κ3) is 5.60. The Hall–Kier alpha value is 0.230. The summed E-state index contributed by atoms with van der Waals surface area (Å²) < 4.78 is 17.6. The average molecular weight is 485 g/mol. The van der Waals surface area contributed by atoms with Crippen LogP contribution in [0.3, 0.4) is 0 Å². The standard InChI is InChI=1S/C17H31N3O3S.HI/c1-18-16(19-13-17(24-2)5-9-21-10-6-17)20-7-11-23-15(12-20)14-4-3-8-22-14;/h14-15H,3-13H2,1-2H3,(H,18,19);1H. The second-order valence-electron chi connectivity index (χ2n) is 6.81. The first kappa shape index (κ1) is 21.5. The molecular weight excluding hydrogens is 453 g/mol. The first-order chi connectivity index (χ1) is 11.8. The van der Waals surface area contributed by atoms with Gasteiger partial charge in [0.05, 0.1) is 12.7 Å². The van der Waals surface area contributed by atoms with E-state index in [1.807, 2.05) is 18.8 Å². The quantitative estimate of drug-likeness (QED) is 0.374. The van der Waals surface area contributed by atoms with Crippen LogP contribution >= 0.6 is 35.7 Å². The lowest BCUT2D eigenvalue weighted by Gasteiger charge is -2.40. The van der Waals surface area contributed by atoms with E-state index in [0.29, 0.717) is 0 Å². The summed E-state index contributed by atoms with van der Waals surface area (Å²) in [6.45, 7) is 6.02. The second kappa shape index (κ2) is 10.5. The number of morpholine rings is 1. The number of halogens is 1. The molecule has 3 aliphatic rings. The summed E-state index contributed by atoms with van der Waals surface area (Å²) in [4.78, 5) is 6.84. The molecule has 0 saturated carbocycles. The minimum atomic E-state index is 0. The molecule has 0 spiro atoms. The summed E-state index contributed by atoms with van der Waals surface area (Å²) in [6.07, 6.45) is 7.07. The van der Waals surface area contributed by atoms with E-state index < -0.39 is 0 Å². The van der Waals surface area contributed by atoms with E-state index >= 15 is 0 Å². The zero-order valence-corrected chi connectivity index (χ0v) is 18.5. The third-order valence-corrected chi connectivity index (χ3v) is 6.81. The van der Waals surface area contributed by atoms with Crippen LogP contribution in [0.15, 0.2) is 4.99 Å². The SMILES string of the molecule is CN=C(NCC1(SC)CCOCC1)N1CCOC(C2CCCO2)C1.I. The molecule has 2 unspecified atom stereocenters. The van der Waals surface area contributed by atoms with Gasteiger partial charge >= 0.3 is 0 Å². The maximum atomic E-state index is 5.95. The van der Waals surface area contributed by atoms with Crippen molar-refractivity contribution < 1.29 is 14.2 Å². The number of ether oxygens (including phenoxy) is 3. The van der Waals surface area contributed by atoms with Crippen molar-refractivity contribution in [1.82, 2.24) is 10.2 Å². The maximum absolute atomic E-state index is 5.95. The Labute approximate surface area is 172 Å². The monoisotopic (exact) mass is 485 g/mol. The van der Waals surface area contributed by atoms with E-state index in [1.165, 1.54) is 0 Å². The lowest BCUT2D eigenvalue weighted by atomic mass is 9.99. The predicted molar refractivity (Wildman–Crippen MR) is 113 cm³/mol. The molecule has 0 aromatic rings. The van der Waals surface area contributed by atoms with Crippen LogP contribution in [-0.2, 0) is 14.2 Å². The predicted octanol–water partition coefficient (Wildman–Crippen LogP) is 1.97. The van der Waals surface area contributed by atoms with E-state index in [2.05, 4.69) is 21.5 Å². The van der Waals surface area contributed by atoms with Crippen molar-refractivity contribution in [1.29, 1.82) is 0 Å². The Balaban J connectivity index is 0.00000225. The van der Waals surface area contributed by atoms with Gasteiger partial charge in [-0.3, -0.25) is 4.99 Å². The van der Waals surface area contributed by atoms with Crippen LogP contribution in [0.25, 0.3) is 0 Å². The second-order valence-corrected chi connectivity index (χ2v) is 8.08. The van der Waals surface area contributed by atoms with Crippen molar-refractivity contribution in [2.75, 3.05) is 59.4 Å². The zero-order chi connectivity index (χ0) is 16.8. The fourth-order valence-electron chi connectivity index (χ4n) is 3.76. The topological polar surface area (TPSA) is 55.3 Å². The van der Waals surface area contributed by atoms with E-state index in [4.69, 9.17) is 14.2 Å². The van der Waals surface area contributed by atoms with Gasteiger partial charge in [-0.25, -0.2) is 0 Å². The van der Waals surface area contributed by atoms with E-state index in [9.17, 15) is 0 Å². The van der Waals surface area contributed by atoms with Gasteiger partial charge in [-0.05, 0) is 31.9 Å². The van der Waals surface area contributed by atoms with Gasteiger partial charge in [0.15, 0.2) is 5.96 Å². The van der Waals surface area contributed by atoms with Crippen LogP contribution < -0.4 is 5.32 Å². The van der Waals surface area contributed by atoms with Gasteiger partial charge in [0, 0.05) is 51.2 Å². The van der Waals surface area contributed by atoms with Crippen molar-refractivity contribution in [3.63, 3.8) is 0 Å². The molecule has 0 aromatic heterocycles. The molecule has 6 nitrogen and oxygen atoms in total. The van der Waals surface area contributed by atoms with E-state index in [1.54, 1.807) is 0 Å². The Morgan fingerprint density at radius 1 is 1.20 bits per heavy atom. The van der Waals surface area contributed by atoms with E-state index in [-0.39, 0.29) is 40.9 Å². The van der Waals surface area contributed by atoms with Crippen molar-refractivity contribution in [3.8, 4) is 0 Å². The van der Waals surface area contributed by atoms with Gasteiger partial charge in [-0.1, -0.05) is 0 Å². The number of guanidine groups is 1. The Bertz CT molecular complexity index is 429. The number of nitrogens with one attached hydrogen (secondary N) is 1. The first-order valence-electron chi connectivity index (χ1n) is 9.08. The molecule has 3 saturated heterocycles. The Morgan fingerprint density at radius 2 is 1.96 bits per heavy atom. The molecule has 3 rings (SSSR count). The number of aliphatic imine (C=N–C) groups is 1. The molecule has 25 heavy (non-hydrogen) atoms. The van der Waals surface area contributed by atoms with Gasteiger partial charge in [0.2, 0.25) is 0 Å². The minimum Gasteiger partial charge on any atom is -0.381 e. The highest BCUT2D eigenvalue weighted by Crippen LogP contribution is 2.33. The van der Waals surface area contributed by atoms with Crippen molar-refractivity contribution in [2.45, 2.75) is 42.6 Å².